The van der Waals surface area contributed by atoms with Crippen LogP contribution in [0.3, 0.4) is 0 Å². The van der Waals surface area contributed by atoms with E-state index in [-0.39, 0.29) is 23.9 Å². The van der Waals surface area contributed by atoms with Crippen molar-refractivity contribution in [3.05, 3.63) is 59.9 Å². The lowest BCUT2D eigenvalue weighted by atomic mass is 10.2. The predicted octanol–water partition coefficient (Wildman–Crippen LogP) is 1.95. The highest BCUT2D eigenvalue weighted by molar-refractivity contribution is 7.89. The minimum atomic E-state index is -3.71. The van der Waals surface area contributed by atoms with Crippen molar-refractivity contribution in [3.63, 3.8) is 0 Å². The van der Waals surface area contributed by atoms with Crippen LogP contribution in [-0.2, 0) is 19.6 Å². The lowest BCUT2D eigenvalue weighted by Gasteiger charge is -2.21. The number of rotatable bonds is 6. The topological polar surface area (TPSA) is 96.0 Å². The summed E-state index contributed by atoms with van der Waals surface area (Å²) < 4.78 is 44.7. The molecule has 1 saturated heterocycles. The number of amides is 1. The summed E-state index contributed by atoms with van der Waals surface area (Å²) in [6.07, 6.45) is 0.571. The zero-order chi connectivity index (χ0) is 22.4. The van der Waals surface area contributed by atoms with Gasteiger partial charge < -0.3 is 10.1 Å². The molecule has 10 heteroatoms. The van der Waals surface area contributed by atoms with Crippen LogP contribution < -0.4 is 5.32 Å². The first-order valence-electron chi connectivity index (χ1n) is 9.76. The molecule has 0 spiro atoms. The van der Waals surface area contributed by atoms with E-state index in [0.717, 1.165) is 12.1 Å². The fourth-order valence-corrected chi connectivity index (χ4v) is 4.78. The average molecular weight is 450 g/mol. The van der Waals surface area contributed by atoms with E-state index < -0.39 is 21.8 Å². The first kappa shape index (κ1) is 22.9. The van der Waals surface area contributed by atoms with Crippen molar-refractivity contribution in [1.29, 1.82) is 0 Å². The number of carbonyl (C=O) groups is 2. The van der Waals surface area contributed by atoms with Gasteiger partial charge in [-0.05, 0) is 61.5 Å². The van der Waals surface area contributed by atoms with Gasteiger partial charge in [-0.25, -0.2) is 17.6 Å². The van der Waals surface area contributed by atoms with Gasteiger partial charge in [0.1, 0.15) is 5.82 Å². The first-order valence-corrected chi connectivity index (χ1v) is 11.2. The van der Waals surface area contributed by atoms with Crippen LogP contribution in [0.1, 0.15) is 16.8 Å². The maximum Gasteiger partial charge on any atom is 0.337 e. The SMILES string of the molecule is COC(=O)c1ccc(NC(=O)CN2CCCN(S(=O)(=O)c3ccc(F)cc3)CC2)cc1. The van der Waals surface area contributed by atoms with Crippen LogP contribution in [0.2, 0.25) is 0 Å². The Morgan fingerprint density at radius 2 is 1.68 bits per heavy atom. The van der Waals surface area contributed by atoms with Gasteiger partial charge in [0.05, 0.1) is 24.1 Å². The van der Waals surface area contributed by atoms with E-state index in [1.165, 1.54) is 23.5 Å². The summed E-state index contributed by atoms with van der Waals surface area (Å²) in [6, 6.07) is 11.1. The van der Waals surface area contributed by atoms with E-state index in [1.54, 1.807) is 24.3 Å². The molecular weight excluding hydrogens is 425 g/mol. The van der Waals surface area contributed by atoms with Crippen molar-refractivity contribution in [2.24, 2.45) is 0 Å². The maximum atomic E-state index is 13.1. The Morgan fingerprint density at radius 3 is 2.32 bits per heavy atom. The monoisotopic (exact) mass is 449 g/mol. The van der Waals surface area contributed by atoms with Crippen LogP contribution in [0.15, 0.2) is 53.4 Å². The summed E-state index contributed by atoms with van der Waals surface area (Å²) in [5, 5.41) is 2.77. The molecule has 0 saturated carbocycles. The largest absolute Gasteiger partial charge is 0.465 e. The summed E-state index contributed by atoms with van der Waals surface area (Å²) in [6.45, 7) is 1.65. The Morgan fingerprint density at radius 1 is 1.00 bits per heavy atom. The van der Waals surface area contributed by atoms with Crippen LogP contribution in [0.4, 0.5) is 10.1 Å². The molecule has 31 heavy (non-hydrogen) atoms. The highest BCUT2D eigenvalue weighted by Crippen LogP contribution is 2.18. The van der Waals surface area contributed by atoms with Gasteiger partial charge in [-0.2, -0.15) is 4.31 Å². The number of sulfonamides is 1. The standard InChI is InChI=1S/C21H24FN3O5S/c1-30-21(27)16-3-7-18(8-4-16)23-20(26)15-24-11-2-12-25(14-13-24)31(28,29)19-9-5-17(22)6-10-19/h3-10H,2,11-15H2,1H3,(H,23,26). The fraction of sp³-hybridized carbons (Fsp3) is 0.333. The molecule has 0 aromatic heterocycles. The number of anilines is 1. The smallest absolute Gasteiger partial charge is 0.337 e. The van der Waals surface area contributed by atoms with Crippen molar-refractivity contribution < 1.29 is 27.1 Å². The van der Waals surface area contributed by atoms with Crippen molar-refractivity contribution in [3.8, 4) is 0 Å². The van der Waals surface area contributed by atoms with E-state index >= 15 is 0 Å². The number of esters is 1. The molecule has 3 rings (SSSR count). The molecule has 8 nitrogen and oxygen atoms in total. The number of benzene rings is 2. The number of nitrogens with zero attached hydrogens (tertiary/aromatic N) is 2. The van der Waals surface area contributed by atoms with E-state index in [9.17, 15) is 22.4 Å². The molecule has 0 atom stereocenters. The first-order chi connectivity index (χ1) is 14.8. The third-order valence-corrected chi connectivity index (χ3v) is 6.87. The lowest BCUT2D eigenvalue weighted by Crippen LogP contribution is -2.38. The molecule has 0 bridgehead atoms. The highest BCUT2D eigenvalue weighted by Gasteiger charge is 2.27. The zero-order valence-corrected chi connectivity index (χ0v) is 17.9. The van der Waals surface area contributed by atoms with E-state index in [4.69, 9.17) is 0 Å². The highest BCUT2D eigenvalue weighted by atomic mass is 32.2. The Hall–Kier alpha value is -2.82. The summed E-state index contributed by atoms with van der Waals surface area (Å²) >= 11 is 0. The average Bonchev–Trinajstić information content (AvgIpc) is 3.00. The maximum absolute atomic E-state index is 13.1. The van der Waals surface area contributed by atoms with Crippen LogP contribution in [0, 0.1) is 5.82 Å². The second-order valence-electron chi connectivity index (χ2n) is 7.10. The van der Waals surface area contributed by atoms with Gasteiger partial charge in [0, 0.05) is 25.3 Å². The molecule has 166 valence electrons. The molecule has 0 unspecified atom stereocenters. The van der Waals surface area contributed by atoms with Gasteiger partial charge in [0.15, 0.2) is 0 Å². The lowest BCUT2D eigenvalue weighted by molar-refractivity contribution is -0.117. The molecule has 1 heterocycles. The molecule has 2 aromatic rings. The number of halogens is 1. The third kappa shape index (κ3) is 5.87. The Kier molecular flexibility index (Phi) is 7.37. The number of carbonyl (C=O) groups excluding carboxylic acids is 2. The van der Waals surface area contributed by atoms with Crippen LogP contribution >= 0.6 is 0 Å². The molecule has 1 amide bonds. The van der Waals surface area contributed by atoms with Gasteiger partial charge in [0.2, 0.25) is 15.9 Å². The van der Waals surface area contributed by atoms with E-state index in [1.807, 2.05) is 4.90 Å². The summed E-state index contributed by atoms with van der Waals surface area (Å²) in [7, 11) is -2.42. The molecule has 0 radical (unpaired) electrons. The minimum absolute atomic E-state index is 0.0514. The second kappa shape index (κ2) is 9.99. The van der Waals surface area contributed by atoms with Crippen molar-refractivity contribution >= 4 is 27.6 Å². The van der Waals surface area contributed by atoms with Crippen molar-refractivity contribution in [2.75, 3.05) is 45.2 Å². The number of nitrogens with one attached hydrogen (secondary N) is 1. The van der Waals surface area contributed by atoms with Gasteiger partial charge >= 0.3 is 5.97 Å². The normalized spacial score (nSPS) is 15.8. The zero-order valence-electron chi connectivity index (χ0n) is 17.1. The Bertz CT molecular complexity index is 1030. The Balaban J connectivity index is 1.55. The summed E-state index contributed by atoms with van der Waals surface area (Å²) in [5.74, 6) is -1.19. The number of hydrogen-bond donors (Lipinski definition) is 1. The van der Waals surface area contributed by atoms with Crippen molar-refractivity contribution in [2.45, 2.75) is 11.3 Å². The van der Waals surface area contributed by atoms with Gasteiger partial charge in [0.25, 0.3) is 0 Å². The molecule has 1 aliphatic heterocycles. The molecule has 1 fully saturated rings. The predicted molar refractivity (Wildman–Crippen MR) is 113 cm³/mol. The van der Waals surface area contributed by atoms with Crippen molar-refractivity contribution in [1.82, 2.24) is 9.21 Å². The van der Waals surface area contributed by atoms with Gasteiger partial charge in [-0.3, -0.25) is 9.69 Å². The molecular formula is C21H24FN3O5S. The minimum Gasteiger partial charge on any atom is -0.465 e. The summed E-state index contributed by atoms with van der Waals surface area (Å²) in [5.41, 5.74) is 0.934. The second-order valence-corrected chi connectivity index (χ2v) is 9.04. The molecule has 2 aromatic carbocycles. The van der Waals surface area contributed by atoms with Crippen LogP contribution in [0.25, 0.3) is 0 Å². The van der Waals surface area contributed by atoms with E-state index in [0.29, 0.717) is 37.3 Å². The molecule has 1 N–H and O–H groups in total. The number of methoxy groups -OCH3 is 1. The third-order valence-electron chi connectivity index (χ3n) is 4.96. The molecule has 0 aliphatic carbocycles. The van der Waals surface area contributed by atoms with Crippen LogP contribution in [0.5, 0.6) is 0 Å². The number of hydrogen-bond acceptors (Lipinski definition) is 6. The number of ether oxygens (including phenoxy) is 1. The quantitative estimate of drug-likeness (QED) is 0.678. The van der Waals surface area contributed by atoms with E-state index in [2.05, 4.69) is 10.1 Å². The molecule has 1 aliphatic rings. The fourth-order valence-electron chi connectivity index (χ4n) is 3.31. The van der Waals surface area contributed by atoms with Gasteiger partial charge in [-0.1, -0.05) is 0 Å². The van der Waals surface area contributed by atoms with Crippen LogP contribution in [-0.4, -0.2) is 69.3 Å². The van der Waals surface area contributed by atoms with Gasteiger partial charge in [-0.15, -0.1) is 0 Å². The summed E-state index contributed by atoms with van der Waals surface area (Å²) in [4.78, 5) is 25.8. The Labute approximate surface area is 180 Å².